The predicted octanol–water partition coefficient (Wildman–Crippen LogP) is 1.43. The summed E-state index contributed by atoms with van der Waals surface area (Å²) in [6.07, 6.45) is -0.256. The van der Waals surface area contributed by atoms with Gasteiger partial charge in [-0.15, -0.1) is 0 Å². The minimum atomic E-state index is -1.34. The Morgan fingerprint density at radius 1 is 0.619 bits per heavy atom. The third kappa shape index (κ3) is 9.42. The van der Waals surface area contributed by atoms with E-state index in [9.17, 15) is 19.2 Å². The Labute approximate surface area is 121 Å². The van der Waals surface area contributed by atoms with Crippen LogP contribution in [0.2, 0.25) is 0 Å². The van der Waals surface area contributed by atoms with Gasteiger partial charge >= 0.3 is 23.9 Å². The van der Waals surface area contributed by atoms with Gasteiger partial charge in [0.1, 0.15) is 0 Å². The lowest BCUT2D eigenvalue weighted by molar-refractivity contribution is -0.148. The van der Waals surface area contributed by atoms with Crippen molar-refractivity contribution in [2.45, 2.75) is 51.4 Å². The maximum absolute atomic E-state index is 10.9. The lowest BCUT2D eigenvalue weighted by Gasteiger charge is -2.29. The normalized spacial score (nSPS) is 11.0. The van der Waals surface area contributed by atoms with Crippen LogP contribution in [0, 0.1) is 5.41 Å². The van der Waals surface area contributed by atoms with Gasteiger partial charge in [-0.25, -0.2) is 0 Å². The SMILES string of the molecule is O=C(O)CCCCCC(CC(=O)O)(CC(=O)O)CC(=O)O. The van der Waals surface area contributed by atoms with Crippen molar-refractivity contribution in [3.05, 3.63) is 0 Å². The maximum Gasteiger partial charge on any atom is 0.303 e. The first-order valence-corrected chi connectivity index (χ1v) is 6.54. The molecule has 0 atom stereocenters. The lowest BCUT2D eigenvalue weighted by Crippen LogP contribution is -2.30. The van der Waals surface area contributed by atoms with E-state index in [1.165, 1.54) is 0 Å². The zero-order valence-electron chi connectivity index (χ0n) is 11.6. The fourth-order valence-corrected chi connectivity index (χ4v) is 2.37. The Bertz CT molecular complexity index is 360. The Morgan fingerprint density at radius 2 is 1.05 bits per heavy atom. The first-order chi connectivity index (χ1) is 9.67. The highest BCUT2D eigenvalue weighted by Gasteiger charge is 2.37. The van der Waals surface area contributed by atoms with E-state index in [1.807, 2.05) is 0 Å². The smallest absolute Gasteiger partial charge is 0.303 e. The second-order valence-corrected chi connectivity index (χ2v) is 5.17. The topological polar surface area (TPSA) is 149 Å². The van der Waals surface area contributed by atoms with Crippen molar-refractivity contribution < 1.29 is 39.6 Å². The van der Waals surface area contributed by atoms with Crippen molar-refractivity contribution in [1.29, 1.82) is 0 Å². The zero-order valence-corrected chi connectivity index (χ0v) is 11.6. The molecule has 0 aromatic rings. The third-order valence-corrected chi connectivity index (χ3v) is 3.18. The molecule has 8 heteroatoms. The predicted molar refractivity (Wildman–Crippen MR) is 69.9 cm³/mol. The fraction of sp³-hybridized carbons (Fsp3) is 0.692. The van der Waals surface area contributed by atoms with Crippen LogP contribution in [0.3, 0.4) is 0 Å². The van der Waals surface area contributed by atoms with Crippen molar-refractivity contribution in [1.82, 2.24) is 0 Å². The van der Waals surface area contributed by atoms with Gasteiger partial charge in [0.15, 0.2) is 0 Å². The lowest BCUT2D eigenvalue weighted by atomic mass is 9.74. The molecule has 0 rings (SSSR count). The summed E-state index contributed by atoms with van der Waals surface area (Å²) in [6, 6.07) is 0. The molecule has 0 amide bonds. The molecule has 0 radical (unpaired) electrons. The monoisotopic (exact) mass is 304 g/mol. The average Bonchev–Trinajstić information content (AvgIpc) is 2.24. The van der Waals surface area contributed by atoms with Gasteiger partial charge in [-0.1, -0.05) is 12.8 Å². The quantitative estimate of drug-likeness (QED) is 0.395. The highest BCUT2D eigenvalue weighted by molar-refractivity contribution is 5.75. The molecular weight excluding hydrogens is 284 g/mol. The van der Waals surface area contributed by atoms with E-state index in [2.05, 4.69) is 0 Å². The summed E-state index contributed by atoms with van der Waals surface area (Å²) >= 11 is 0. The highest BCUT2D eigenvalue weighted by Crippen LogP contribution is 2.37. The van der Waals surface area contributed by atoms with Crippen molar-refractivity contribution in [2.75, 3.05) is 0 Å². The van der Waals surface area contributed by atoms with Gasteiger partial charge in [0, 0.05) is 11.8 Å². The third-order valence-electron chi connectivity index (χ3n) is 3.18. The molecule has 8 nitrogen and oxygen atoms in total. The van der Waals surface area contributed by atoms with Gasteiger partial charge in [0.05, 0.1) is 19.3 Å². The molecule has 0 fully saturated rings. The van der Waals surface area contributed by atoms with E-state index in [4.69, 9.17) is 20.4 Å². The highest BCUT2D eigenvalue weighted by atomic mass is 16.4. The minimum Gasteiger partial charge on any atom is -0.481 e. The molecule has 0 unspecified atom stereocenters. The molecule has 0 aliphatic rings. The standard InChI is InChI=1S/C13H20O8/c14-9(15)4-2-1-3-5-13(6-10(16)17,7-11(18)19)8-12(20)21/h1-8H2,(H,14,15)(H,16,17)(H,18,19)(H,20,21). The number of carboxylic acids is 4. The van der Waals surface area contributed by atoms with Gasteiger partial charge in [0.2, 0.25) is 0 Å². The van der Waals surface area contributed by atoms with E-state index >= 15 is 0 Å². The van der Waals surface area contributed by atoms with Gasteiger partial charge in [-0.3, -0.25) is 19.2 Å². The van der Waals surface area contributed by atoms with Crippen LogP contribution in [0.25, 0.3) is 0 Å². The minimum absolute atomic E-state index is 0.0240. The molecule has 0 saturated carbocycles. The Morgan fingerprint density at radius 3 is 1.38 bits per heavy atom. The summed E-state index contributed by atoms with van der Waals surface area (Å²) in [7, 11) is 0. The Balaban J connectivity index is 4.72. The molecule has 0 aliphatic carbocycles. The number of carbonyl (C=O) groups is 4. The van der Waals surface area contributed by atoms with Crippen molar-refractivity contribution in [3.63, 3.8) is 0 Å². The molecule has 0 aromatic heterocycles. The van der Waals surface area contributed by atoms with Crippen molar-refractivity contribution in [3.8, 4) is 0 Å². The van der Waals surface area contributed by atoms with E-state index in [-0.39, 0.29) is 12.8 Å². The zero-order chi connectivity index (χ0) is 16.5. The molecule has 0 saturated heterocycles. The maximum atomic E-state index is 10.9. The fourth-order valence-electron chi connectivity index (χ4n) is 2.37. The van der Waals surface area contributed by atoms with E-state index < -0.39 is 48.6 Å². The van der Waals surface area contributed by atoms with Gasteiger partial charge in [-0.2, -0.15) is 0 Å². The van der Waals surface area contributed by atoms with Crippen LogP contribution in [0.4, 0.5) is 0 Å². The van der Waals surface area contributed by atoms with Crippen LogP contribution in [0.5, 0.6) is 0 Å². The number of unbranched alkanes of at least 4 members (excludes halogenated alkanes) is 2. The number of aliphatic carboxylic acids is 4. The van der Waals surface area contributed by atoms with Crippen LogP contribution >= 0.6 is 0 Å². The molecule has 0 spiro atoms. The van der Waals surface area contributed by atoms with Crippen LogP contribution in [-0.4, -0.2) is 44.3 Å². The molecule has 21 heavy (non-hydrogen) atoms. The van der Waals surface area contributed by atoms with Gasteiger partial charge < -0.3 is 20.4 Å². The van der Waals surface area contributed by atoms with Gasteiger partial charge in [-0.05, 0) is 12.8 Å². The van der Waals surface area contributed by atoms with E-state index in [0.29, 0.717) is 19.3 Å². The molecule has 0 bridgehead atoms. The van der Waals surface area contributed by atoms with Crippen LogP contribution < -0.4 is 0 Å². The van der Waals surface area contributed by atoms with Crippen LogP contribution in [0.15, 0.2) is 0 Å². The summed E-state index contributed by atoms with van der Waals surface area (Å²) in [5, 5.41) is 35.2. The second-order valence-electron chi connectivity index (χ2n) is 5.17. The molecular formula is C13H20O8. The van der Waals surface area contributed by atoms with Gasteiger partial charge in [0.25, 0.3) is 0 Å². The molecule has 0 aliphatic heterocycles. The van der Waals surface area contributed by atoms with Crippen molar-refractivity contribution >= 4 is 23.9 Å². The molecule has 120 valence electrons. The number of rotatable bonds is 12. The summed E-state index contributed by atoms with van der Waals surface area (Å²) in [5.41, 5.74) is -1.34. The Hall–Kier alpha value is -2.12. The molecule has 4 N–H and O–H groups in total. The summed E-state index contributed by atoms with van der Waals surface area (Å²) in [5.74, 6) is -4.68. The summed E-state index contributed by atoms with van der Waals surface area (Å²) in [6.45, 7) is 0. The van der Waals surface area contributed by atoms with Crippen LogP contribution in [0.1, 0.15) is 51.4 Å². The molecule has 0 heterocycles. The average molecular weight is 304 g/mol. The number of hydrogen-bond donors (Lipinski definition) is 4. The summed E-state index contributed by atoms with van der Waals surface area (Å²) in [4.78, 5) is 43.0. The Kier molecular flexibility index (Phi) is 8.03. The first kappa shape index (κ1) is 18.9. The van der Waals surface area contributed by atoms with E-state index in [0.717, 1.165) is 0 Å². The largest absolute Gasteiger partial charge is 0.481 e. The van der Waals surface area contributed by atoms with Crippen LogP contribution in [-0.2, 0) is 19.2 Å². The van der Waals surface area contributed by atoms with E-state index in [1.54, 1.807) is 0 Å². The molecule has 0 aromatic carbocycles. The first-order valence-electron chi connectivity index (χ1n) is 6.54. The number of hydrogen-bond acceptors (Lipinski definition) is 4. The van der Waals surface area contributed by atoms with Crippen molar-refractivity contribution in [2.24, 2.45) is 5.41 Å². The second kappa shape index (κ2) is 8.93. The number of carboxylic acid groups (broad SMARTS) is 4. The summed E-state index contributed by atoms with van der Waals surface area (Å²) < 4.78 is 0.